The number of aromatic nitrogens is 1. The van der Waals surface area contributed by atoms with Gasteiger partial charge in [0.1, 0.15) is 0 Å². The van der Waals surface area contributed by atoms with Gasteiger partial charge in [0, 0.05) is 12.7 Å². The van der Waals surface area contributed by atoms with Crippen LogP contribution in [0.1, 0.15) is 50.5 Å². The van der Waals surface area contributed by atoms with Crippen molar-refractivity contribution in [1.82, 2.24) is 4.57 Å². The molecule has 0 amide bonds. The Morgan fingerprint density at radius 2 is 2.10 bits per heavy atom. The van der Waals surface area contributed by atoms with Crippen molar-refractivity contribution >= 4 is 16.9 Å². The van der Waals surface area contributed by atoms with Crippen LogP contribution in [-0.4, -0.2) is 15.6 Å². The molecule has 21 heavy (non-hydrogen) atoms. The Morgan fingerprint density at radius 1 is 1.33 bits per heavy atom. The second-order valence-electron chi connectivity index (χ2n) is 6.40. The minimum atomic E-state index is -0.728. The first-order valence-corrected chi connectivity index (χ1v) is 7.94. The van der Waals surface area contributed by atoms with E-state index in [9.17, 15) is 4.79 Å². The summed E-state index contributed by atoms with van der Waals surface area (Å²) in [7, 11) is 0. The summed E-state index contributed by atoms with van der Waals surface area (Å²) in [5.74, 6) is 0.0975. The lowest BCUT2D eigenvalue weighted by molar-refractivity contribution is -0.137. The molecule has 1 fully saturated rings. The number of carboxylic acids is 1. The number of carbonyl (C=O) groups is 1. The number of aliphatic carboxylic acids is 1. The van der Waals surface area contributed by atoms with Crippen molar-refractivity contribution in [3.63, 3.8) is 0 Å². The molecule has 1 aliphatic rings. The van der Waals surface area contributed by atoms with Gasteiger partial charge >= 0.3 is 5.97 Å². The fourth-order valence-electron chi connectivity index (χ4n) is 3.68. The van der Waals surface area contributed by atoms with Gasteiger partial charge in [-0.15, -0.1) is 0 Å². The summed E-state index contributed by atoms with van der Waals surface area (Å²) >= 11 is 0. The minimum Gasteiger partial charge on any atom is -0.481 e. The van der Waals surface area contributed by atoms with Crippen LogP contribution in [0.25, 0.3) is 10.9 Å². The van der Waals surface area contributed by atoms with E-state index in [1.165, 1.54) is 36.6 Å². The smallest absolute Gasteiger partial charge is 0.303 e. The molecule has 1 heterocycles. The van der Waals surface area contributed by atoms with E-state index in [4.69, 9.17) is 5.11 Å². The van der Waals surface area contributed by atoms with Gasteiger partial charge in [0.15, 0.2) is 0 Å². The zero-order chi connectivity index (χ0) is 14.8. The molecule has 2 aromatic rings. The number of rotatable bonds is 5. The van der Waals surface area contributed by atoms with Crippen LogP contribution in [0.2, 0.25) is 0 Å². The number of para-hydroxylation sites is 1. The second kappa shape index (κ2) is 5.92. The Labute approximate surface area is 125 Å². The molecule has 3 nitrogen and oxygen atoms in total. The molecule has 1 N–H and O–H groups in total. The predicted molar refractivity (Wildman–Crippen MR) is 84.6 cm³/mol. The monoisotopic (exact) mass is 285 g/mol. The van der Waals surface area contributed by atoms with E-state index in [-0.39, 0.29) is 12.3 Å². The molecular weight excluding hydrogens is 262 g/mol. The Bertz CT molecular complexity index is 638. The molecule has 1 saturated carbocycles. The van der Waals surface area contributed by atoms with Gasteiger partial charge in [0.05, 0.1) is 11.9 Å². The third-order valence-electron chi connectivity index (χ3n) is 4.76. The average molecular weight is 285 g/mol. The summed E-state index contributed by atoms with van der Waals surface area (Å²) in [5.41, 5.74) is 2.40. The zero-order valence-electron chi connectivity index (χ0n) is 12.6. The maximum atomic E-state index is 11.0. The van der Waals surface area contributed by atoms with Crippen LogP contribution in [0.15, 0.2) is 30.5 Å². The van der Waals surface area contributed by atoms with E-state index >= 15 is 0 Å². The first-order valence-electron chi connectivity index (χ1n) is 7.94. The van der Waals surface area contributed by atoms with E-state index in [1.54, 1.807) is 0 Å². The third kappa shape index (κ3) is 2.97. The van der Waals surface area contributed by atoms with E-state index in [0.29, 0.717) is 0 Å². The summed E-state index contributed by atoms with van der Waals surface area (Å²) in [5, 5.41) is 10.3. The highest BCUT2D eigenvalue weighted by Gasteiger charge is 2.19. The SMILES string of the molecule is CC(CC(=O)O)c1cccc2ccn(CC3CCCC3)c12. The van der Waals surface area contributed by atoms with E-state index in [1.807, 2.05) is 13.0 Å². The molecule has 3 heteroatoms. The summed E-state index contributed by atoms with van der Waals surface area (Å²) in [4.78, 5) is 11.0. The van der Waals surface area contributed by atoms with Crippen LogP contribution in [0.5, 0.6) is 0 Å². The molecule has 1 aliphatic carbocycles. The highest BCUT2D eigenvalue weighted by Crippen LogP contribution is 2.32. The fourth-order valence-corrected chi connectivity index (χ4v) is 3.68. The van der Waals surface area contributed by atoms with Crippen LogP contribution in [0.3, 0.4) is 0 Å². The van der Waals surface area contributed by atoms with Crippen molar-refractivity contribution in [2.24, 2.45) is 5.92 Å². The molecule has 1 aromatic heterocycles. The van der Waals surface area contributed by atoms with Crippen molar-refractivity contribution in [3.05, 3.63) is 36.0 Å². The minimum absolute atomic E-state index is 0.0448. The maximum Gasteiger partial charge on any atom is 0.303 e. The van der Waals surface area contributed by atoms with Crippen molar-refractivity contribution in [3.8, 4) is 0 Å². The fraction of sp³-hybridized carbons (Fsp3) is 0.500. The molecule has 0 bridgehead atoms. The number of fused-ring (bicyclic) bond motifs is 1. The van der Waals surface area contributed by atoms with Crippen molar-refractivity contribution in [2.75, 3.05) is 0 Å². The van der Waals surface area contributed by atoms with Gasteiger partial charge in [-0.2, -0.15) is 0 Å². The van der Waals surface area contributed by atoms with Crippen molar-refractivity contribution < 1.29 is 9.90 Å². The van der Waals surface area contributed by atoms with Crippen molar-refractivity contribution in [2.45, 2.75) is 51.5 Å². The quantitative estimate of drug-likeness (QED) is 0.884. The summed E-state index contributed by atoms with van der Waals surface area (Å²) in [6.45, 7) is 3.08. The molecule has 3 rings (SSSR count). The summed E-state index contributed by atoms with van der Waals surface area (Å²) < 4.78 is 2.35. The second-order valence-corrected chi connectivity index (χ2v) is 6.40. The van der Waals surface area contributed by atoms with Crippen LogP contribution in [0.4, 0.5) is 0 Å². The summed E-state index contributed by atoms with van der Waals surface area (Å²) in [6, 6.07) is 8.40. The lowest BCUT2D eigenvalue weighted by Crippen LogP contribution is -2.09. The predicted octanol–water partition coefficient (Wildman–Crippen LogP) is 4.41. The van der Waals surface area contributed by atoms with Crippen LogP contribution >= 0.6 is 0 Å². The van der Waals surface area contributed by atoms with Gasteiger partial charge in [-0.05, 0) is 41.7 Å². The van der Waals surface area contributed by atoms with Gasteiger partial charge in [-0.3, -0.25) is 4.79 Å². The normalized spacial score (nSPS) is 17.4. The van der Waals surface area contributed by atoms with E-state index in [2.05, 4.69) is 29.0 Å². The number of hydrogen-bond donors (Lipinski definition) is 1. The molecule has 0 radical (unpaired) electrons. The lowest BCUT2D eigenvalue weighted by atomic mass is 9.95. The number of carboxylic acid groups (broad SMARTS) is 1. The molecule has 0 saturated heterocycles. The Morgan fingerprint density at radius 3 is 2.81 bits per heavy atom. The van der Waals surface area contributed by atoms with Gasteiger partial charge in [-0.1, -0.05) is 38.0 Å². The molecule has 1 aromatic carbocycles. The number of benzene rings is 1. The molecule has 1 atom stereocenters. The molecule has 0 aliphatic heterocycles. The maximum absolute atomic E-state index is 11.0. The number of hydrogen-bond acceptors (Lipinski definition) is 1. The standard InChI is InChI=1S/C18H23NO2/c1-13(11-17(20)21)16-8-4-7-15-9-10-19(18(15)16)12-14-5-2-3-6-14/h4,7-10,13-14H,2-3,5-6,11-12H2,1H3,(H,20,21). The molecular formula is C18H23NO2. The highest BCUT2D eigenvalue weighted by atomic mass is 16.4. The summed E-state index contributed by atoms with van der Waals surface area (Å²) in [6.07, 6.45) is 7.71. The van der Waals surface area contributed by atoms with Crippen molar-refractivity contribution in [1.29, 1.82) is 0 Å². The van der Waals surface area contributed by atoms with Gasteiger partial charge < -0.3 is 9.67 Å². The van der Waals surface area contributed by atoms with Gasteiger partial charge in [0.25, 0.3) is 0 Å². The molecule has 1 unspecified atom stereocenters. The highest BCUT2D eigenvalue weighted by molar-refractivity contribution is 5.84. The van der Waals surface area contributed by atoms with Gasteiger partial charge in [0.2, 0.25) is 0 Å². The van der Waals surface area contributed by atoms with Crippen LogP contribution in [-0.2, 0) is 11.3 Å². The lowest BCUT2D eigenvalue weighted by Gasteiger charge is -2.16. The Hall–Kier alpha value is -1.77. The number of nitrogens with zero attached hydrogens (tertiary/aromatic N) is 1. The third-order valence-corrected chi connectivity index (χ3v) is 4.76. The molecule has 112 valence electrons. The Kier molecular flexibility index (Phi) is 4.00. The van der Waals surface area contributed by atoms with Gasteiger partial charge in [-0.25, -0.2) is 0 Å². The van der Waals surface area contributed by atoms with Crippen LogP contribution < -0.4 is 0 Å². The first kappa shape index (κ1) is 14.2. The average Bonchev–Trinajstić information content (AvgIpc) is 3.08. The molecule has 0 spiro atoms. The Balaban J connectivity index is 1.95. The van der Waals surface area contributed by atoms with Crippen LogP contribution in [0, 0.1) is 5.92 Å². The van der Waals surface area contributed by atoms with E-state index < -0.39 is 5.97 Å². The zero-order valence-corrected chi connectivity index (χ0v) is 12.6. The first-order chi connectivity index (χ1) is 10.1. The largest absolute Gasteiger partial charge is 0.481 e. The topological polar surface area (TPSA) is 42.2 Å². The van der Waals surface area contributed by atoms with E-state index in [0.717, 1.165) is 18.0 Å².